The van der Waals surface area contributed by atoms with Crippen molar-refractivity contribution >= 4 is 0 Å². The van der Waals surface area contributed by atoms with Gasteiger partial charge in [0, 0.05) is 17.4 Å². The number of rotatable bonds is 0. The zero-order valence-corrected chi connectivity index (χ0v) is 13.5. The molecule has 0 bridgehead atoms. The van der Waals surface area contributed by atoms with Crippen molar-refractivity contribution in [3.05, 3.63) is 35.6 Å². The maximum absolute atomic E-state index is 10.8. The van der Waals surface area contributed by atoms with Gasteiger partial charge in [-0.15, -0.1) is 0 Å². The van der Waals surface area contributed by atoms with Gasteiger partial charge in [0.2, 0.25) is 0 Å². The quantitative estimate of drug-likeness (QED) is 0.602. The van der Waals surface area contributed by atoms with Gasteiger partial charge in [0.05, 0.1) is 11.9 Å². The van der Waals surface area contributed by atoms with Crippen molar-refractivity contribution in [2.45, 2.75) is 51.7 Å². The molecule has 0 heterocycles. The summed E-state index contributed by atoms with van der Waals surface area (Å²) in [6.45, 7) is 4.59. The summed E-state index contributed by atoms with van der Waals surface area (Å²) in [5, 5.41) is 20.6. The number of hydrogen-bond donors (Lipinski definition) is 3. The molecule has 3 heteroatoms. The second-order valence-electron chi connectivity index (χ2n) is 8.29. The fourth-order valence-electron chi connectivity index (χ4n) is 5.88. The minimum atomic E-state index is -0.530. The molecule has 0 aromatic rings. The average molecular weight is 301 g/mol. The summed E-state index contributed by atoms with van der Waals surface area (Å²) in [5.74, 6) is 1.63. The molecule has 0 aromatic carbocycles. The molecule has 0 amide bonds. The minimum absolute atomic E-state index is 0.0653. The van der Waals surface area contributed by atoms with Crippen LogP contribution >= 0.6 is 0 Å². The lowest BCUT2D eigenvalue weighted by molar-refractivity contribution is -0.00875. The molecular weight excluding hydrogens is 274 g/mol. The van der Waals surface area contributed by atoms with E-state index >= 15 is 0 Å². The van der Waals surface area contributed by atoms with Gasteiger partial charge in [-0.3, -0.25) is 0 Å². The summed E-state index contributed by atoms with van der Waals surface area (Å²) in [6.07, 6.45) is 11.8. The monoisotopic (exact) mass is 301 g/mol. The third kappa shape index (κ3) is 1.70. The molecule has 7 atom stereocenters. The van der Waals surface area contributed by atoms with Crippen LogP contribution in [0.3, 0.4) is 0 Å². The molecule has 4 N–H and O–H groups in total. The Balaban J connectivity index is 1.80. The van der Waals surface area contributed by atoms with Gasteiger partial charge >= 0.3 is 0 Å². The normalized spacial score (nSPS) is 53.2. The van der Waals surface area contributed by atoms with Crippen molar-refractivity contribution in [2.75, 3.05) is 0 Å². The van der Waals surface area contributed by atoms with Crippen LogP contribution in [0.1, 0.15) is 39.5 Å². The van der Waals surface area contributed by atoms with Crippen LogP contribution in [0.15, 0.2) is 35.6 Å². The standard InChI is InChI=1S/C19H27NO2/c1-18-7-5-12(21)9-11(18)10-15(22)17-13-3-4-16(20)19(13,2)8-6-14(17)18/h5,7,9-10,12-14,16-17,21-22H,3-4,6,8,20H2,1-2H3/t12-,13-,14-,16-,17-,18-,19-/m0/s1. The van der Waals surface area contributed by atoms with Crippen LogP contribution in [0.25, 0.3) is 0 Å². The number of allylic oxidation sites excluding steroid dienone is 4. The number of hydrogen-bond acceptors (Lipinski definition) is 3. The number of nitrogens with two attached hydrogens (primary N) is 1. The van der Waals surface area contributed by atoms with E-state index in [1.54, 1.807) is 0 Å². The zero-order valence-electron chi connectivity index (χ0n) is 13.5. The maximum atomic E-state index is 10.8. The second-order valence-corrected chi connectivity index (χ2v) is 8.29. The third-order valence-corrected chi connectivity index (χ3v) is 7.37. The smallest absolute Gasteiger partial charge is 0.0962 e. The van der Waals surface area contributed by atoms with Crippen molar-refractivity contribution < 1.29 is 10.2 Å². The average Bonchev–Trinajstić information content (AvgIpc) is 2.77. The van der Waals surface area contributed by atoms with Crippen molar-refractivity contribution in [1.29, 1.82) is 0 Å². The predicted molar refractivity (Wildman–Crippen MR) is 87.1 cm³/mol. The fourth-order valence-corrected chi connectivity index (χ4v) is 5.88. The summed E-state index contributed by atoms with van der Waals surface area (Å²) >= 11 is 0. The molecule has 0 saturated heterocycles. The van der Waals surface area contributed by atoms with E-state index in [4.69, 9.17) is 5.73 Å². The molecule has 22 heavy (non-hydrogen) atoms. The Morgan fingerprint density at radius 3 is 2.73 bits per heavy atom. The van der Waals surface area contributed by atoms with Gasteiger partial charge in [0.25, 0.3) is 0 Å². The summed E-state index contributed by atoms with van der Waals surface area (Å²) < 4.78 is 0. The number of aliphatic hydroxyl groups excluding tert-OH is 2. The van der Waals surface area contributed by atoms with Gasteiger partial charge in [-0.05, 0) is 60.7 Å². The van der Waals surface area contributed by atoms with E-state index in [0.717, 1.165) is 31.3 Å². The molecule has 4 aliphatic carbocycles. The third-order valence-electron chi connectivity index (χ3n) is 7.37. The van der Waals surface area contributed by atoms with Crippen molar-refractivity contribution in [3.8, 4) is 0 Å². The predicted octanol–water partition coefficient (Wildman–Crippen LogP) is 3.08. The first kappa shape index (κ1) is 14.5. The summed E-state index contributed by atoms with van der Waals surface area (Å²) in [5.41, 5.74) is 7.59. The fraction of sp³-hybridized carbons (Fsp3) is 0.684. The Kier molecular flexibility index (Phi) is 2.96. The van der Waals surface area contributed by atoms with Crippen LogP contribution < -0.4 is 5.73 Å². The first-order valence-corrected chi connectivity index (χ1v) is 8.62. The first-order valence-electron chi connectivity index (χ1n) is 8.62. The Morgan fingerprint density at radius 2 is 1.95 bits per heavy atom. The van der Waals surface area contributed by atoms with Crippen LogP contribution in [0.4, 0.5) is 0 Å². The van der Waals surface area contributed by atoms with Crippen LogP contribution in [0, 0.1) is 28.6 Å². The highest BCUT2D eigenvalue weighted by molar-refractivity contribution is 5.43. The lowest BCUT2D eigenvalue weighted by Crippen LogP contribution is -2.52. The van der Waals surface area contributed by atoms with E-state index in [-0.39, 0.29) is 22.8 Å². The number of aliphatic hydroxyl groups is 2. The van der Waals surface area contributed by atoms with Crippen molar-refractivity contribution in [2.24, 2.45) is 34.3 Å². The molecule has 0 spiro atoms. The van der Waals surface area contributed by atoms with E-state index in [1.807, 2.05) is 18.2 Å². The molecule has 0 aliphatic heterocycles. The zero-order chi connectivity index (χ0) is 15.7. The van der Waals surface area contributed by atoms with Gasteiger partial charge in [-0.1, -0.05) is 26.0 Å². The Hall–Kier alpha value is -1.06. The second kappa shape index (κ2) is 4.48. The highest BCUT2D eigenvalue weighted by atomic mass is 16.3. The largest absolute Gasteiger partial charge is 0.512 e. The molecule has 0 aromatic heterocycles. The molecule has 4 aliphatic rings. The van der Waals surface area contributed by atoms with E-state index in [9.17, 15) is 10.2 Å². The van der Waals surface area contributed by atoms with Gasteiger partial charge in [-0.25, -0.2) is 0 Å². The van der Waals surface area contributed by atoms with Gasteiger partial charge in [-0.2, -0.15) is 0 Å². The highest BCUT2D eigenvalue weighted by Gasteiger charge is 2.58. The molecule has 4 rings (SSSR count). The first-order chi connectivity index (χ1) is 10.4. The van der Waals surface area contributed by atoms with Crippen LogP contribution in [0.5, 0.6) is 0 Å². The molecule has 0 radical (unpaired) electrons. The highest BCUT2D eigenvalue weighted by Crippen LogP contribution is 2.63. The Bertz CT molecular complexity index is 592. The Labute approximate surface area is 132 Å². The number of fused-ring (bicyclic) bond motifs is 5. The van der Waals surface area contributed by atoms with Crippen LogP contribution in [0.2, 0.25) is 0 Å². The van der Waals surface area contributed by atoms with Crippen molar-refractivity contribution in [1.82, 2.24) is 0 Å². The van der Waals surface area contributed by atoms with Crippen LogP contribution in [-0.4, -0.2) is 22.4 Å². The lowest BCUT2D eigenvalue weighted by atomic mass is 9.49. The minimum Gasteiger partial charge on any atom is -0.512 e. The van der Waals surface area contributed by atoms with Crippen molar-refractivity contribution in [3.63, 3.8) is 0 Å². The summed E-state index contributed by atoms with van der Waals surface area (Å²) in [4.78, 5) is 0. The van der Waals surface area contributed by atoms with Gasteiger partial charge in [0.1, 0.15) is 0 Å². The van der Waals surface area contributed by atoms with E-state index < -0.39 is 6.10 Å². The molecule has 2 fully saturated rings. The van der Waals surface area contributed by atoms with E-state index in [2.05, 4.69) is 19.9 Å². The van der Waals surface area contributed by atoms with Crippen LogP contribution in [-0.2, 0) is 0 Å². The van der Waals surface area contributed by atoms with E-state index in [0.29, 0.717) is 17.6 Å². The molecule has 0 unspecified atom stereocenters. The van der Waals surface area contributed by atoms with Gasteiger partial charge < -0.3 is 15.9 Å². The molecular formula is C19H27NO2. The Morgan fingerprint density at radius 1 is 1.18 bits per heavy atom. The summed E-state index contributed by atoms with van der Waals surface area (Å²) in [7, 11) is 0. The van der Waals surface area contributed by atoms with E-state index in [1.165, 1.54) is 0 Å². The summed E-state index contributed by atoms with van der Waals surface area (Å²) in [6, 6.07) is 0.264. The molecule has 3 nitrogen and oxygen atoms in total. The maximum Gasteiger partial charge on any atom is 0.0962 e. The SMILES string of the molecule is C[C@]12CC[C@H]3[C@@H](C(O)=CC4=C[C@@H](O)C=C[C@@]43C)[C@@H]1CC[C@@H]2N. The topological polar surface area (TPSA) is 66.5 Å². The van der Waals surface area contributed by atoms with Gasteiger partial charge in [0.15, 0.2) is 0 Å². The lowest BCUT2D eigenvalue weighted by Gasteiger charge is -2.55. The molecule has 2 saturated carbocycles. The molecule has 120 valence electrons.